The summed E-state index contributed by atoms with van der Waals surface area (Å²) in [5, 5.41) is 14.9. The van der Waals surface area contributed by atoms with E-state index in [4.69, 9.17) is 9.72 Å². The number of aliphatic hydroxyl groups is 1. The van der Waals surface area contributed by atoms with Gasteiger partial charge in [-0.15, -0.1) is 0 Å². The lowest BCUT2D eigenvalue weighted by Crippen LogP contribution is -2.39. The third kappa shape index (κ3) is 4.78. The fourth-order valence-corrected chi connectivity index (χ4v) is 4.83. The van der Waals surface area contributed by atoms with Crippen molar-refractivity contribution >= 4 is 27.7 Å². The van der Waals surface area contributed by atoms with E-state index in [1.807, 2.05) is 56.4 Å². The minimum atomic E-state index is -0.507. The van der Waals surface area contributed by atoms with E-state index >= 15 is 0 Å². The molecule has 188 valence electrons. The highest BCUT2D eigenvalue weighted by atomic mass is 19.1. The van der Waals surface area contributed by atoms with Crippen LogP contribution in [-0.4, -0.2) is 40.7 Å². The molecule has 2 aromatic heterocycles. The van der Waals surface area contributed by atoms with Crippen molar-refractivity contribution in [2.45, 2.75) is 26.3 Å². The third-order valence-corrected chi connectivity index (χ3v) is 6.64. The van der Waals surface area contributed by atoms with Crippen LogP contribution >= 0.6 is 0 Å². The predicted molar refractivity (Wildman–Crippen MR) is 144 cm³/mol. The number of aryl methyl sites for hydroxylation is 2. The van der Waals surface area contributed by atoms with Crippen molar-refractivity contribution in [3.8, 4) is 17.0 Å². The van der Waals surface area contributed by atoms with Gasteiger partial charge in [-0.2, -0.15) is 0 Å². The van der Waals surface area contributed by atoms with Gasteiger partial charge in [0.25, 0.3) is 5.91 Å². The topological polar surface area (TPSA) is 87.2 Å². The number of pyridine rings is 1. The number of nitrogens with zero attached hydrogens (tertiary/aromatic N) is 1. The zero-order chi connectivity index (χ0) is 26.1. The van der Waals surface area contributed by atoms with E-state index in [9.17, 15) is 14.3 Å². The van der Waals surface area contributed by atoms with Crippen LogP contribution < -0.4 is 10.1 Å². The van der Waals surface area contributed by atoms with Crippen molar-refractivity contribution in [2.24, 2.45) is 0 Å². The van der Waals surface area contributed by atoms with Gasteiger partial charge in [0.05, 0.1) is 36.5 Å². The molecule has 0 saturated heterocycles. The summed E-state index contributed by atoms with van der Waals surface area (Å²) >= 11 is 0. The SMILES string of the molecule is COc1ccc(-c2cc(C(=O)NC(CO)Cc3c[nH]c4ccccc34)c3cc(C)cc(C)c3n2)cc1F. The van der Waals surface area contributed by atoms with E-state index in [-0.39, 0.29) is 18.3 Å². The summed E-state index contributed by atoms with van der Waals surface area (Å²) in [6, 6.07) is 17.6. The van der Waals surface area contributed by atoms with Gasteiger partial charge in [-0.05, 0) is 67.8 Å². The van der Waals surface area contributed by atoms with Gasteiger partial charge in [0.15, 0.2) is 11.6 Å². The van der Waals surface area contributed by atoms with E-state index in [1.54, 1.807) is 18.2 Å². The smallest absolute Gasteiger partial charge is 0.252 e. The van der Waals surface area contributed by atoms with Gasteiger partial charge in [0, 0.05) is 28.0 Å². The maximum atomic E-state index is 14.5. The summed E-state index contributed by atoms with van der Waals surface area (Å²) in [4.78, 5) is 21.7. The summed E-state index contributed by atoms with van der Waals surface area (Å²) < 4.78 is 19.5. The molecular formula is C30H28FN3O3. The summed E-state index contributed by atoms with van der Waals surface area (Å²) in [7, 11) is 1.41. The molecule has 0 saturated carbocycles. The van der Waals surface area contributed by atoms with Gasteiger partial charge in [0.1, 0.15) is 0 Å². The molecule has 2 heterocycles. The second kappa shape index (κ2) is 10.0. The fraction of sp³-hybridized carbons (Fsp3) is 0.200. The summed E-state index contributed by atoms with van der Waals surface area (Å²) in [5.41, 5.74) is 6.02. The first kappa shape index (κ1) is 24.5. The highest BCUT2D eigenvalue weighted by molar-refractivity contribution is 6.08. The number of amides is 1. The number of hydrogen-bond donors (Lipinski definition) is 3. The number of aromatic nitrogens is 2. The molecule has 3 N–H and O–H groups in total. The molecule has 0 radical (unpaired) electrons. The molecule has 1 atom stereocenters. The standard InChI is InChI=1S/C30H28FN3O3/c1-17-10-18(2)29-23(11-17)24(14-27(34-29)19-8-9-28(37-3)25(31)13-19)30(36)33-21(16-35)12-20-15-32-26-7-5-4-6-22(20)26/h4-11,13-15,21,32,35H,12,16H2,1-3H3,(H,33,36). The van der Waals surface area contributed by atoms with Crippen LogP contribution in [0, 0.1) is 19.7 Å². The van der Waals surface area contributed by atoms with Gasteiger partial charge < -0.3 is 20.1 Å². The quantitative estimate of drug-likeness (QED) is 0.278. The fourth-order valence-electron chi connectivity index (χ4n) is 4.83. The molecule has 37 heavy (non-hydrogen) atoms. The molecule has 7 heteroatoms. The number of methoxy groups -OCH3 is 1. The normalized spacial score (nSPS) is 12.1. The number of benzene rings is 3. The average Bonchev–Trinajstić information content (AvgIpc) is 3.30. The minimum Gasteiger partial charge on any atom is -0.494 e. The van der Waals surface area contributed by atoms with Crippen molar-refractivity contribution < 1.29 is 19.0 Å². The zero-order valence-corrected chi connectivity index (χ0v) is 20.9. The van der Waals surface area contributed by atoms with Crippen LogP contribution in [0.15, 0.2) is 66.9 Å². The molecule has 0 aliphatic rings. The number of carbonyl (C=O) groups is 1. The molecule has 1 amide bonds. The van der Waals surface area contributed by atoms with Crippen LogP contribution in [-0.2, 0) is 6.42 Å². The average molecular weight is 498 g/mol. The Hall–Kier alpha value is -4.23. The molecule has 5 aromatic rings. The van der Waals surface area contributed by atoms with Gasteiger partial charge in [-0.3, -0.25) is 4.79 Å². The lowest BCUT2D eigenvalue weighted by Gasteiger charge is -2.18. The van der Waals surface area contributed by atoms with Crippen molar-refractivity contribution in [1.29, 1.82) is 0 Å². The van der Waals surface area contributed by atoms with Crippen LogP contribution in [0.25, 0.3) is 33.1 Å². The number of ether oxygens (including phenoxy) is 1. The molecule has 0 bridgehead atoms. The molecule has 5 rings (SSSR count). The monoisotopic (exact) mass is 497 g/mol. The number of rotatable bonds is 7. The molecule has 0 aliphatic heterocycles. The second-order valence-electron chi connectivity index (χ2n) is 9.30. The number of H-pyrrole nitrogens is 1. The first-order chi connectivity index (χ1) is 17.9. The van der Waals surface area contributed by atoms with Crippen LogP contribution in [0.5, 0.6) is 5.75 Å². The number of aromatic amines is 1. The Bertz CT molecular complexity index is 1630. The van der Waals surface area contributed by atoms with Crippen LogP contribution in [0.1, 0.15) is 27.0 Å². The Morgan fingerprint density at radius 3 is 2.68 bits per heavy atom. The lowest BCUT2D eigenvalue weighted by molar-refractivity contribution is 0.0918. The van der Waals surface area contributed by atoms with Crippen LogP contribution in [0.4, 0.5) is 4.39 Å². The van der Waals surface area contributed by atoms with Crippen molar-refractivity contribution in [1.82, 2.24) is 15.3 Å². The number of aliphatic hydroxyl groups excluding tert-OH is 1. The molecule has 6 nitrogen and oxygen atoms in total. The zero-order valence-electron chi connectivity index (χ0n) is 20.9. The molecule has 3 aromatic carbocycles. The number of fused-ring (bicyclic) bond motifs is 2. The summed E-state index contributed by atoms with van der Waals surface area (Å²) in [6.07, 6.45) is 2.37. The Balaban J connectivity index is 1.53. The second-order valence-corrected chi connectivity index (χ2v) is 9.30. The van der Waals surface area contributed by atoms with E-state index < -0.39 is 11.9 Å². The predicted octanol–water partition coefficient (Wildman–Crippen LogP) is 5.48. The number of hydrogen-bond acceptors (Lipinski definition) is 4. The molecular weight excluding hydrogens is 469 g/mol. The molecule has 1 unspecified atom stereocenters. The minimum absolute atomic E-state index is 0.136. The molecule has 0 fully saturated rings. The van der Waals surface area contributed by atoms with E-state index in [0.29, 0.717) is 34.1 Å². The Morgan fingerprint density at radius 2 is 1.92 bits per heavy atom. The number of halogens is 1. The Labute approximate surface area is 214 Å². The number of para-hydroxylation sites is 1. The molecule has 0 aliphatic carbocycles. The largest absolute Gasteiger partial charge is 0.494 e. The van der Waals surface area contributed by atoms with Crippen molar-refractivity contribution in [3.63, 3.8) is 0 Å². The van der Waals surface area contributed by atoms with Gasteiger partial charge in [0.2, 0.25) is 0 Å². The van der Waals surface area contributed by atoms with Crippen molar-refractivity contribution in [3.05, 3.63) is 94.9 Å². The molecule has 0 spiro atoms. The Morgan fingerprint density at radius 1 is 1.11 bits per heavy atom. The third-order valence-electron chi connectivity index (χ3n) is 6.64. The summed E-state index contributed by atoms with van der Waals surface area (Å²) in [5.74, 6) is -0.698. The highest BCUT2D eigenvalue weighted by Gasteiger charge is 2.20. The van der Waals surface area contributed by atoms with Gasteiger partial charge >= 0.3 is 0 Å². The highest BCUT2D eigenvalue weighted by Crippen LogP contribution is 2.30. The number of nitrogens with one attached hydrogen (secondary N) is 2. The van der Waals surface area contributed by atoms with E-state index in [2.05, 4.69) is 10.3 Å². The van der Waals surface area contributed by atoms with Gasteiger partial charge in [-0.25, -0.2) is 9.37 Å². The first-order valence-corrected chi connectivity index (χ1v) is 12.1. The van der Waals surface area contributed by atoms with Crippen molar-refractivity contribution in [2.75, 3.05) is 13.7 Å². The summed E-state index contributed by atoms with van der Waals surface area (Å²) in [6.45, 7) is 3.69. The van der Waals surface area contributed by atoms with Crippen LogP contribution in [0.3, 0.4) is 0 Å². The lowest BCUT2D eigenvalue weighted by atomic mass is 9.98. The van der Waals surface area contributed by atoms with Crippen LogP contribution in [0.2, 0.25) is 0 Å². The maximum Gasteiger partial charge on any atom is 0.252 e. The first-order valence-electron chi connectivity index (χ1n) is 12.1. The van der Waals surface area contributed by atoms with Gasteiger partial charge in [-0.1, -0.05) is 29.8 Å². The maximum absolute atomic E-state index is 14.5. The Kier molecular flexibility index (Phi) is 6.63. The number of carbonyl (C=O) groups excluding carboxylic acids is 1. The van der Waals surface area contributed by atoms with E-state index in [0.717, 1.165) is 27.6 Å². The van der Waals surface area contributed by atoms with E-state index in [1.165, 1.54) is 13.2 Å².